The van der Waals surface area contributed by atoms with Crippen LogP contribution in [-0.4, -0.2) is 37.1 Å². The normalized spacial score (nSPS) is 18.7. The van der Waals surface area contributed by atoms with E-state index in [0.717, 1.165) is 49.5 Å². The van der Waals surface area contributed by atoms with E-state index in [2.05, 4.69) is 46.1 Å². The third-order valence-corrected chi connectivity index (χ3v) is 6.39. The van der Waals surface area contributed by atoms with Crippen LogP contribution in [0.4, 0.5) is 17.2 Å². The molecule has 1 aromatic carbocycles. The molecule has 5 heteroatoms. The van der Waals surface area contributed by atoms with Gasteiger partial charge in [0, 0.05) is 49.3 Å². The Morgan fingerprint density at radius 1 is 0.897 bits per heavy atom. The van der Waals surface area contributed by atoms with Gasteiger partial charge < -0.3 is 15.1 Å². The van der Waals surface area contributed by atoms with Crippen LogP contribution in [0.25, 0.3) is 0 Å². The van der Waals surface area contributed by atoms with Gasteiger partial charge in [-0.1, -0.05) is 13.8 Å². The van der Waals surface area contributed by atoms with Crippen LogP contribution in [0.5, 0.6) is 0 Å². The monoisotopic (exact) mass is 392 g/mol. The summed E-state index contributed by atoms with van der Waals surface area (Å²) in [4.78, 5) is 22.0. The Hall–Kier alpha value is -2.56. The van der Waals surface area contributed by atoms with Gasteiger partial charge in [-0.05, 0) is 73.9 Å². The van der Waals surface area contributed by atoms with E-state index in [1.807, 2.05) is 18.2 Å². The van der Waals surface area contributed by atoms with Gasteiger partial charge >= 0.3 is 0 Å². The molecule has 29 heavy (non-hydrogen) atoms. The van der Waals surface area contributed by atoms with Gasteiger partial charge in [0.25, 0.3) is 5.91 Å². The van der Waals surface area contributed by atoms with Gasteiger partial charge in [-0.2, -0.15) is 0 Å². The lowest BCUT2D eigenvalue weighted by molar-refractivity contribution is 0.102. The first-order chi connectivity index (χ1) is 14.1. The second-order valence-corrected chi connectivity index (χ2v) is 8.74. The molecule has 0 radical (unpaired) electrons. The molecule has 1 N–H and O–H groups in total. The predicted molar refractivity (Wildman–Crippen MR) is 120 cm³/mol. The van der Waals surface area contributed by atoms with Crippen LogP contribution in [0.3, 0.4) is 0 Å². The summed E-state index contributed by atoms with van der Waals surface area (Å²) >= 11 is 0. The van der Waals surface area contributed by atoms with E-state index < -0.39 is 0 Å². The highest BCUT2D eigenvalue weighted by molar-refractivity contribution is 6.04. The van der Waals surface area contributed by atoms with Crippen LogP contribution in [0.15, 0.2) is 42.6 Å². The Morgan fingerprint density at radius 2 is 1.48 bits per heavy atom. The number of carbonyl (C=O) groups excluding carboxylic acids is 1. The number of pyridine rings is 1. The van der Waals surface area contributed by atoms with Crippen molar-refractivity contribution in [3.05, 3.63) is 48.2 Å². The summed E-state index contributed by atoms with van der Waals surface area (Å²) in [5, 5.41) is 3.03. The zero-order valence-corrected chi connectivity index (χ0v) is 17.6. The predicted octanol–water partition coefficient (Wildman–Crippen LogP) is 4.81. The smallest absolute Gasteiger partial charge is 0.255 e. The molecule has 0 aliphatic carbocycles. The zero-order valence-electron chi connectivity index (χ0n) is 17.6. The fourth-order valence-electron chi connectivity index (χ4n) is 4.20. The molecule has 2 aliphatic rings. The number of aromatic nitrogens is 1. The molecule has 5 nitrogen and oxygen atoms in total. The van der Waals surface area contributed by atoms with Crippen molar-refractivity contribution < 1.29 is 4.79 Å². The van der Waals surface area contributed by atoms with Crippen LogP contribution < -0.4 is 15.1 Å². The molecule has 0 unspecified atom stereocenters. The van der Waals surface area contributed by atoms with Crippen molar-refractivity contribution in [3.63, 3.8) is 0 Å². The van der Waals surface area contributed by atoms with Crippen LogP contribution in [0, 0.1) is 11.8 Å². The van der Waals surface area contributed by atoms with E-state index in [1.165, 1.54) is 31.4 Å². The van der Waals surface area contributed by atoms with Gasteiger partial charge in [0.15, 0.2) is 0 Å². The summed E-state index contributed by atoms with van der Waals surface area (Å²) < 4.78 is 0. The molecule has 154 valence electrons. The summed E-state index contributed by atoms with van der Waals surface area (Å²) in [6.45, 7) is 8.87. The standard InChI is InChI=1S/C24H32N4O/c1-18-8-13-27(14-9-18)22-5-3-21(4-6-22)26-24(29)20-7-12-25-23(17-20)28-15-10-19(2)11-16-28/h3-7,12,17-19H,8-11,13-16H2,1-2H3,(H,26,29). The van der Waals surface area contributed by atoms with Crippen molar-refractivity contribution in [1.29, 1.82) is 0 Å². The molecule has 0 saturated carbocycles. The van der Waals surface area contributed by atoms with Gasteiger partial charge in [0.2, 0.25) is 0 Å². The molecule has 2 aromatic rings. The van der Waals surface area contributed by atoms with Crippen LogP contribution >= 0.6 is 0 Å². The highest BCUT2D eigenvalue weighted by Gasteiger charge is 2.19. The highest BCUT2D eigenvalue weighted by Crippen LogP contribution is 2.25. The van der Waals surface area contributed by atoms with E-state index in [9.17, 15) is 4.79 Å². The maximum atomic E-state index is 12.8. The summed E-state index contributed by atoms with van der Waals surface area (Å²) in [5.41, 5.74) is 2.72. The topological polar surface area (TPSA) is 48.5 Å². The summed E-state index contributed by atoms with van der Waals surface area (Å²) in [6.07, 6.45) is 6.60. The lowest BCUT2D eigenvalue weighted by Gasteiger charge is -2.32. The lowest BCUT2D eigenvalue weighted by atomic mass is 9.99. The minimum absolute atomic E-state index is 0.0847. The average Bonchev–Trinajstić information content (AvgIpc) is 2.75. The summed E-state index contributed by atoms with van der Waals surface area (Å²) in [7, 11) is 0. The SMILES string of the molecule is CC1CCN(c2ccc(NC(=O)c3ccnc(N4CCC(C)CC4)c3)cc2)CC1. The third kappa shape index (κ3) is 4.89. The number of hydrogen-bond donors (Lipinski definition) is 1. The van der Waals surface area contributed by atoms with Crippen molar-refractivity contribution in [3.8, 4) is 0 Å². The first kappa shape index (κ1) is 19.7. The molecule has 1 aromatic heterocycles. The van der Waals surface area contributed by atoms with Gasteiger partial charge in [-0.25, -0.2) is 4.98 Å². The second kappa shape index (κ2) is 8.85. The van der Waals surface area contributed by atoms with Crippen molar-refractivity contribution in [1.82, 2.24) is 4.98 Å². The summed E-state index contributed by atoms with van der Waals surface area (Å²) in [5.74, 6) is 2.41. The van der Waals surface area contributed by atoms with E-state index in [-0.39, 0.29) is 5.91 Å². The molecule has 2 saturated heterocycles. The first-order valence-corrected chi connectivity index (χ1v) is 11.0. The van der Waals surface area contributed by atoms with Gasteiger partial charge in [0.05, 0.1) is 0 Å². The van der Waals surface area contributed by atoms with Gasteiger partial charge in [-0.15, -0.1) is 0 Å². The number of nitrogens with one attached hydrogen (secondary N) is 1. The number of amides is 1. The van der Waals surface area contributed by atoms with Gasteiger partial charge in [0.1, 0.15) is 5.82 Å². The molecule has 1 amide bonds. The number of hydrogen-bond acceptors (Lipinski definition) is 4. The largest absolute Gasteiger partial charge is 0.372 e. The number of rotatable bonds is 4. The first-order valence-electron chi connectivity index (χ1n) is 11.0. The van der Waals surface area contributed by atoms with Crippen molar-refractivity contribution in [2.75, 3.05) is 41.3 Å². The Balaban J connectivity index is 1.38. The number of nitrogens with zero attached hydrogens (tertiary/aromatic N) is 3. The summed E-state index contributed by atoms with van der Waals surface area (Å²) in [6, 6.07) is 11.9. The maximum absolute atomic E-state index is 12.8. The molecule has 0 atom stereocenters. The van der Waals surface area contributed by atoms with Crippen LogP contribution in [0.2, 0.25) is 0 Å². The Kier molecular flexibility index (Phi) is 6.02. The van der Waals surface area contributed by atoms with Crippen molar-refractivity contribution >= 4 is 23.1 Å². The van der Waals surface area contributed by atoms with Crippen molar-refractivity contribution in [2.24, 2.45) is 11.8 Å². The number of benzene rings is 1. The Morgan fingerprint density at radius 3 is 2.10 bits per heavy atom. The number of piperidine rings is 2. The number of carbonyl (C=O) groups is 1. The fraction of sp³-hybridized carbons (Fsp3) is 0.500. The Bertz CT molecular complexity index is 819. The molecule has 2 fully saturated rings. The van der Waals surface area contributed by atoms with E-state index in [1.54, 1.807) is 12.3 Å². The molecular formula is C24H32N4O. The van der Waals surface area contributed by atoms with Crippen LogP contribution in [-0.2, 0) is 0 Å². The molecule has 0 spiro atoms. The molecular weight excluding hydrogens is 360 g/mol. The lowest BCUT2D eigenvalue weighted by Crippen LogP contribution is -2.33. The van der Waals surface area contributed by atoms with Crippen LogP contribution in [0.1, 0.15) is 49.9 Å². The Labute approximate surface area is 174 Å². The quantitative estimate of drug-likeness (QED) is 0.811. The average molecular weight is 393 g/mol. The molecule has 0 bridgehead atoms. The number of anilines is 3. The van der Waals surface area contributed by atoms with E-state index in [0.29, 0.717) is 5.56 Å². The maximum Gasteiger partial charge on any atom is 0.255 e. The van der Waals surface area contributed by atoms with Gasteiger partial charge in [-0.3, -0.25) is 4.79 Å². The van der Waals surface area contributed by atoms with Crippen molar-refractivity contribution in [2.45, 2.75) is 39.5 Å². The molecule has 3 heterocycles. The highest BCUT2D eigenvalue weighted by atomic mass is 16.1. The third-order valence-electron chi connectivity index (χ3n) is 6.39. The zero-order chi connectivity index (χ0) is 20.2. The molecule has 4 rings (SSSR count). The minimum atomic E-state index is -0.0847. The minimum Gasteiger partial charge on any atom is -0.372 e. The van der Waals surface area contributed by atoms with E-state index >= 15 is 0 Å². The van der Waals surface area contributed by atoms with E-state index in [4.69, 9.17) is 0 Å². The fourth-order valence-corrected chi connectivity index (χ4v) is 4.20. The second-order valence-electron chi connectivity index (χ2n) is 8.74. The molecule has 2 aliphatic heterocycles.